The molecule has 1 fully saturated rings. The summed E-state index contributed by atoms with van der Waals surface area (Å²) in [6, 6.07) is -1.10. The molecule has 1 rings (SSSR count). The van der Waals surface area contributed by atoms with E-state index in [0.29, 0.717) is 0 Å². The third-order valence-corrected chi connectivity index (χ3v) is 2.27. The normalized spacial score (nSPS) is 38.7. The molecule has 0 bridgehead atoms. The van der Waals surface area contributed by atoms with E-state index in [0.717, 1.165) is 0 Å². The van der Waals surface area contributed by atoms with Crippen molar-refractivity contribution in [2.24, 2.45) is 0 Å². The Morgan fingerprint density at radius 1 is 1.31 bits per heavy atom. The zero-order chi connectivity index (χ0) is 11.6. The van der Waals surface area contributed by atoms with Crippen LogP contribution in [0.1, 0.15) is 6.92 Å². The van der Waals surface area contributed by atoms with E-state index in [2.05, 4.69) is 5.32 Å². The van der Waals surface area contributed by atoms with Crippen LogP contribution in [0.3, 0.4) is 0 Å². The Hall–Kier alpha value is -0.800. The summed E-state index contributed by atoms with van der Waals surface area (Å²) in [6.45, 7) is 0.687. The Morgan fingerprint density at radius 2 is 1.88 bits per heavy atom. The molecule has 0 aromatic rings. The number of amides is 1. The van der Waals surface area contributed by atoms with Crippen LogP contribution in [0.4, 0.5) is 4.70 Å². The number of aliphatic hydroxyl groups excluding tert-OH is 4. The fourth-order valence-corrected chi connectivity index (χ4v) is 1.49. The second kappa shape index (κ2) is 6.06. The molecule has 16 heavy (non-hydrogen) atoms. The van der Waals surface area contributed by atoms with E-state index >= 15 is 0 Å². The quantitative estimate of drug-likeness (QED) is 0.353. The zero-order valence-electron chi connectivity index (χ0n) is 8.61. The van der Waals surface area contributed by atoms with Crippen molar-refractivity contribution >= 4 is 5.91 Å². The van der Waals surface area contributed by atoms with Crippen LogP contribution in [0, 0.1) is 0 Å². The highest BCUT2D eigenvalue weighted by Crippen LogP contribution is 2.19. The third kappa shape index (κ3) is 3.09. The summed E-state index contributed by atoms with van der Waals surface area (Å²) < 4.78 is 4.81. The molecular weight excluding hydrogens is 225 g/mol. The number of rotatable bonds is 2. The van der Waals surface area contributed by atoms with Gasteiger partial charge in [0, 0.05) is 6.92 Å². The monoisotopic (exact) mass is 241 g/mol. The third-order valence-electron chi connectivity index (χ3n) is 2.27. The predicted molar refractivity (Wildman–Crippen MR) is 50.1 cm³/mol. The van der Waals surface area contributed by atoms with Crippen molar-refractivity contribution in [3.05, 3.63) is 0 Å². The van der Waals surface area contributed by atoms with Gasteiger partial charge in [0.1, 0.15) is 24.4 Å². The van der Waals surface area contributed by atoms with E-state index < -0.39 is 43.2 Å². The molecule has 5 N–H and O–H groups in total. The van der Waals surface area contributed by atoms with Crippen molar-refractivity contribution in [1.29, 1.82) is 0 Å². The van der Waals surface area contributed by atoms with Crippen LogP contribution < -0.4 is 5.32 Å². The molecule has 1 unspecified atom stereocenters. The van der Waals surface area contributed by atoms with E-state index in [1.54, 1.807) is 0 Å². The van der Waals surface area contributed by atoms with Crippen LogP contribution >= 0.6 is 0 Å². The minimum Gasteiger partial charge on any atom is -0.394 e. The first-order valence-corrected chi connectivity index (χ1v) is 4.55. The standard InChI is InChI=1S/C8H15NO6.FH/c1-3(11)9-5-7(13)6(12)4(2-10)15-8(5)14;/h4-8,10,12-14H,2H2,1H3,(H,9,11);1H/t4-,5-,6-,7-,8?;/m1./s1. The average molecular weight is 241 g/mol. The maximum absolute atomic E-state index is 10.7. The molecule has 7 nitrogen and oxygen atoms in total. The van der Waals surface area contributed by atoms with Crippen LogP contribution in [-0.4, -0.2) is 63.6 Å². The summed E-state index contributed by atoms with van der Waals surface area (Å²) >= 11 is 0. The molecule has 8 heteroatoms. The first-order valence-electron chi connectivity index (χ1n) is 4.55. The van der Waals surface area contributed by atoms with Crippen molar-refractivity contribution in [3.63, 3.8) is 0 Å². The minimum absolute atomic E-state index is 0. The smallest absolute Gasteiger partial charge is 0.217 e. The Morgan fingerprint density at radius 3 is 2.31 bits per heavy atom. The molecule has 1 aliphatic heterocycles. The van der Waals surface area contributed by atoms with E-state index in [4.69, 9.17) is 9.84 Å². The van der Waals surface area contributed by atoms with Crippen LogP contribution in [0.25, 0.3) is 0 Å². The van der Waals surface area contributed by atoms with Crippen LogP contribution in [0.5, 0.6) is 0 Å². The Labute approximate surface area is 91.0 Å². The Balaban J connectivity index is 0.00000225. The average Bonchev–Trinajstić information content (AvgIpc) is 2.18. The fourth-order valence-electron chi connectivity index (χ4n) is 1.49. The lowest BCUT2D eigenvalue weighted by atomic mass is 9.97. The van der Waals surface area contributed by atoms with Gasteiger partial charge < -0.3 is 30.5 Å². The van der Waals surface area contributed by atoms with Gasteiger partial charge >= 0.3 is 0 Å². The molecule has 5 atom stereocenters. The Bertz CT molecular complexity index is 241. The van der Waals surface area contributed by atoms with Gasteiger partial charge in [-0.3, -0.25) is 9.50 Å². The van der Waals surface area contributed by atoms with Gasteiger partial charge in [0.2, 0.25) is 5.91 Å². The second-order valence-corrected chi connectivity index (χ2v) is 3.46. The molecule has 0 saturated carbocycles. The van der Waals surface area contributed by atoms with Crippen molar-refractivity contribution in [3.8, 4) is 0 Å². The van der Waals surface area contributed by atoms with Crippen molar-refractivity contribution in [2.45, 2.75) is 37.6 Å². The highest BCUT2D eigenvalue weighted by atomic mass is 19.0. The van der Waals surface area contributed by atoms with E-state index in [9.17, 15) is 20.1 Å². The lowest BCUT2D eigenvalue weighted by Crippen LogP contribution is -2.63. The highest BCUT2D eigenvalue weighted by molar-refractivity contribution is 5.73. The number of halogens is 1. The van der Waals surface area contributed by atoms with E-state index in [-0.39, 0.29) is 4.70 Å². The van der Waals surface area contributed by atoms with Gasteiger partial charge in [0.25, 0.3) is 0 Å². The summed E-state index contributed by atoms with van der Waals surface area (Å²) in [5.41, 5.74) is 0. The molecule has 0 aliphatic carbocycles. The van der Waals surface area contributed by atoms with Crippen LogP contribution in [0.15, 0.2) is 0 Å². The number of hydrogen-bond acceptors (Lipinski definition) is 6. The number of ether oxygens (including phenoxy) is 1. The maximum Gasteiger partial charge on any atom is 0.217 e. The van der Waals surface area contributed by atoms with E-state index in [1.165, 1.54) is 6.92 Å². The summed E-state index contributed by atoms with van der Waals surface area (Å²) in [7, 11) is 0. The molecular formula is C8H16FNO6. The largest absolute Gasteiger partial charge is 0.394 e. The molecule has 0 aromatic heterocycles. The van der Waals surface area contributed by atoms with Gasteiger partial charge in [-0.2, -0.15) is 0 Å². The molecule has 1 saturated heterocycles. The topological polar surface area (TPSA) is 119 Å². The van der Waals surface area contributed by atoms with Gasteiger partial charge in [-0.05, 0) is 0 Å². The van der Waals surface area contributed by atoms with Crippen molar-refractivity contribution in [1.82, 2.24) is 5.32 Å². The summed E-state index contributed by atoms with van der Waals surface area (Å²) in [5.74, 6) is -0.462. The summed E-state index contributed by atoms with van der Waals surface area (Å²) in [5, 5.41) is 39.4. The number of aliphatic hydroxyl groups is 4. The Kier molecular flexibility index (Phi) is 5.76. The number of carbonyl (C=O) groups excluding carboxylic acids is 1. The molecule has 1 aliphatic rings. The highest BCUT2D eigenvalue weighted by Gasteiger charge is 2.43. The lowest BCUT2D eigenvalue weighted by molar-refractivity contribution is -0.253. The van der Waals surface area contributed by atoms with Gasteiger partial charge in [-0.1, -0.05) is 0 Å². The first kappa shape index (κ1) is 15.2. The molecule has 1 amide bonds. The predicted octanol–water partition coefficient (Wildman–Crippen LogP) is -2.93. The SMILES string of the molecule is CC(=O)N[C@H]1C(O)O[C@H](CO)[C@@H](O)[C@@H]1O.F. The van der Waals surface area contributed by atoms with Crippen LogP contribution in [0.2, 0.25) is 0 Å². The van der Waals surface area contributed by atoms with Gasteiger partial charge in [-0.15, -0.1) is 0 Å². The summed E-state index contributed by atoms with van der Waals surface area (Å²) in [6.07, 6.45) is -5.24. The second-order valence-electron chi connectivity index (χ2n) is 3.46. The molecule has 0 radical (unpaired) electrons. The first-order chi connectivity index (χ1) is 6.97. The summed E-state index contributed by atoms with van der Waals surface area (Å²) in [4.78, 5) is 10.7. The molecule has 1 heterocycles. The van der Waals surface area contributed by atoms with Crippen molar-refractivity contribution in [2.75, 3.05) is 6.61 Å². The fraction of sp³-hybridized carbons (Fsp3) is 0.875. The minimum atomic E-state index is -1.45. The van der Waals surface area contributed by atoms with Crippen molar-refractivity contribution < 1.29 is 34.7 Å². The molecule has 0 aromatic carbocycles. The van der Waals surface area contributed by atoms with Gasteiger partial charge in [0.15, 0.2) is 6.29 Å². The zero-order valence-corrected chi connectivity index (χ0v) is 8.61. The molecule has 96 valence electrons. The molecule has 0 spiro atoms. The van der Waals surface area contributed by atoms with Crippen LogP contribution in [-0.2, 0) is 9.53 Å². The number of hydrogen-bond donors (Lipinski definition) is 5. The lowest BCUT2D eigenvalue weighted by Gasteiger charge is -2.40. The maximum atomic E-state index is 10.7. The number of nitrogens with one attached hydrogen (secondary N) is 1. The van der Waals surface area contributed by atoms with Gasteiger partial charge in [-0.25, -0.2) is 0 Å². The van der Waals surface area contributed by atoms with E-state index in [1.807, 2.05) is 0 Å². The van der Waals surface area contributed by atoms with Gasteiger partial charge in [0.05, 0.1) is 6.61 Å². The number of carbonyl (C=O) groups is 1.